The van der Waals surface area contributed by atoms with Crippen LogP contribution in [0.4, 0.5) is 0 Å². The molecule has 0 aliphatic heterocycles. The van der Waals surface area contributed by atoms with Crippen LogP contribution in [0.5, 0.6) is 5.88 Å². The molecule has 3 aromatic rings. The monoisotopic (exact) mass is 283 g/mol. The van der Waals surface area contributed by atoms with E-state index in [1.807, 2.05) is 12.1 Å². The molecule has 0 aliphatic rings. The lowest BCUT2D eigenvalue weighted by Gasteiger charge is -2.12. The number of fused-ring (bicyclic) bond motifs is 1. The second-order valence-corrected chi connectivity index (χ2v) is 4.62. The second kappa shape index (κ2) is 4.90. The highest BCUT2D eigenvalue weighted by atomic mass is 16.3. The van der Waals surface area contributed by atoms with Crippen molar-refractivity contribution in [2.24, 2.45) is 0 Å². The Labute approximate surface area is 119 Å². The fourth-order valence-corrected chi connectivity index (χ4v) is 2.40. The summed E-state index contributed by atoms with van der Waals surface area (Å²) >= 11 is 0. The summed E-state index contributed by atoms with van der Waals surface area (Å²) in [6, 6.07) is 7.17. The summed E-state index contributed by atoms with van der Waals surface area (Å²) in [6.45, 7) is 1.74. The Morgan fingerprint density at radius 2 is 2.10 bits per heavy atom. The molecule has 0 saturated carbocycles. The predicted octanol–water partition coefficient (Wildman–Crippen LogP) is 1.34. The lowest BCUT2D eigenvalue weighted by molar-refractivity contribution is 0.424. The van der Waals surface area contributed by atoms with Crippen LogP contribution >= 0.6 is 0 Å². The Morgan fingerprint density at radius 3 is 2.86 bits per heavy atom. The molecule has 0 unspecified atom stereocenters. The first-order valence-corrected chi connectivity index (χ1v) is 6.53. The van der Waals surface area contributed by atoms with E-state index in [4.69, 9.17) is 0 Å². The highest BCUT2D eigenvalue weighted by molar-refractivity contribution is 5.89. The van der Waals surface area contributed by atoms with Gasteiger partial charge in [0.25, 0.3) is 5.56 Å². The molecular weight excluding hydrogens is 270 g/mol. The number of rotatable bonds is 2. The van der Waals surface area contributed by atoms with Gasteiger partial charge in [-0.05, 0) is 23.9 Å². The second-order valence-electron chi connectivity index (χ2n) is 4.62. The van der Waals surface area contributed by atoms with Crippen molar-refractivity contribution in [2.75, 3.05) is 0 Å². The zero-order valence-corrected chi connectivity index (χ0v) is 11.3. The van der Waals surface area contributed by atoms with Crippen LogP contribution in [-0.2, 0) is 6.42 Å². The first-order chi connectivity index (χ1) is 10.1. The summed E-state index contributed by atoms with van der Waals surface area (Å²) in [5, 5.41) is 11.9. The zero-order valence-electron chi connectivity index (χ0n) is 11.3. The molecule has 6 nitrogen and oxygen atoms in total. The number of nitrogens with one attached hydrogen (secondary N) is 1. The molecule has 0 aliphatic carbocycles. The average molecular weight is 283 g/mol. The van der Waals surface area contributed by atoms with Gasteiger partial charge >= 0.3 is 5.69 Å². The molecule has 6 heteroatoms. The summed E-state index contributed by atoms with van der Waals surface area (Å²) in [4.78, 5) is 30.1. The smallest absolute Gasteiger partial charge is 0.335 e. The van der Waals surface area contributed by atoms with Crippen LogP contribution in [0.15, 0.2) is 46.2 Å². The van der Waals surface area contributed by atoms with Crippen LogP contribution in [-0.4, -0.2) is 19.6 Å². The number of benzene rings is 1. The maximum Gasteiger partial charge on any atom is 0.335 e. The Kier molecular flexibility index (Phi) is 3.06. The van der Waals surface area contributed by atoms with Crippen molar-refractivity contribution >= 4 is 10.8 Å². The molecule has 2 N–H and O–H groups in total. The average Bonchev–Trinajstić information content (AvgIpc) is 2.47. The van der Waals surface area contributed by atoms with E-state index in [9.17, 15) is 14.7 Å². The van der Waals surface area contributed by atoms with E-state index in [-0.39, 0.29) is 11.4 Å². The van der Waals surface area contributed by atoms with E-state index < -0.39 is 11.2 Å². The minimum Gasteiger partial charge on any atom is -0.494 e. The molecule has 0 fully saturated rings. The molecule has 2 aromatic heterocycles. The third kappa shape index (κ3) is 2.01. The van der Waals surface area contributed by atoms with Crippen molar-refractivity contribution in [1.82, 2.24) is 14.5 Å². The van der Waals surface area contributed by atoms with Gasteiger partial charge in [0.2, 0.25) is 5.88 Å². The molecule has 0 amide bonds. The van der Waals surface area contributed by atoms with Crippen LogP contribution in [0, 0.1) is 0 Å². The van der Waals surface area contributed by atoms with Gasteiger partial charge in [-0.3, -0.25) is 14.8 Å². The molecule has 106 valence electrons. The molecular formula is C15H13N3O3. The van der Waals surface area contributed by atoms with Gasteiger partial charge in [0, 0.05) is 17.8 Å². The van der Waals surface area contributed by atoms with Gasteiger partial charge in [0.15, 0.2) is 0 Å². The number of aromatic nitrogens is 3. The summed E-state index contributed by atoms with van der Waals surface area (Å²) in [5.74, 6) is -0.331. The fourth-order valence-electron chi connectivity index (χ4n) is 2.40. The third-order valence-corrected chi connectivity index (χ3v) is 3.43. The van der Waals surface area contributed by atoms with Crippen molar-refractivity contribution in [3.63, 3.8) is 0 Å². The number of hydrogen-bond acceptors (Lipinski definition) is 4. The molecule has 0 atom stereocenters. The molecule has 0 radical (unpaired) electrons. The van der Waals surface area contributed by atoms with E-state index in [2.05, 4.69) is 9.97 Å². The number of pyridine rings is 1. The van der Waals surface area contributed by atoms with Crippen LogP contribution < -0.4 is 11.2 Å². The standard InChI is InChI=1S/C15H13N3O3/c1-2-10-13(19)17-15(21)18(14(10)20)12-5-3-4-9-6-7-16-8-11(9)12/h3-8,20H,2H2,1H3,(H,17,19,21). The quantitative estimate of drug-likeness (QED) is 0.743. The topological polar surface area (TPSA) is 88.0 Å². The van der Waals surface area contributed by atoms with Gasteiger partial charge in [0.1, 0.15) is 0 Å². The first-order valence-electron chi connectivity index (χ1n) is 6.53. The Balaban J connectivity index is 2.44. The number of nitrogens with zero attached hydrogens (tertiary/aromatic N) is 2. The van der Waals surface area contributed by atoms with Crippen molar-refractivity contribution < 1.29 is 5.11 Å². The van der Waals surface area contributed by atoms with E-state index in [0.29, 0.717) is 17.5 Å². The van der Waals surface area contributed by atoms with Gasteiger partial charge in [-0.1, -0.05) is 19.1 Å². The van der Waals surface area contributed by atoms with Gasteiger partial charge in [0.05, 0.1) is 11.3 Å². The van der Waals surface area contributed by atoms with Gasteiger partial charge < -0.3 is 5.11 Å². The van der Waals surface area contributed by atoms with Crippen LogP contribution in [0.3, 0.4) is 0 Å². The van der Waals surface area contributed by atoms with E-state index in [0.717, 1.165) is 9.95 Å². The van der Waals surface area contributed by atoms with E-state index >= 15 is 0 Å². The number of H-pyrrole nitrogens is 1. The molecule has 2 heterocycles. The zero-order chi connectivity index (χ0) is 15.0. The Bertz CT molecular complexity index is 936. The van der Waals surface area contributed by atoms with Crippen LogP contribution in [0.2, 0.25) is 0 Å². The minimum absolute atomic E-state index is 0.176. The van der Waals surface area contributed by atoms with Gasteiger partial charge in [-0.2, -0.15) is 0 Å². The van der Waals surface area contributed by atoms with Crippen molar-refractivity contribution in [2.45, 2.75) is 13.3 Å². The minimum atomic E-state index is -0.675. The normalized spacial score (nSPS) is 10.9. The molecule has 0 saturated heterocycles. The molecule has 0 spiro atoms. The molecule has 1 aromatic carbocycles. The molecule has 0 bridgehead atoms. The number of hydrogen-bond donors (Lipinski definition) is 2. The summed E-state index contributed by atoms with van der Waals surface area (Å²) in [7, 11) is 0. The molecule has 3 rings (SSSR count). The highest BCUT2D eigenvalue weighted by Crippen LogP contribution is 2.24. The first kappa shape index (κ1) is 13.1. The molecule has 21 heavy (non-hydrogen) atoms. The van der Waals surface area contributed by atoms with Crippen molar-refractivity contribution in [3.8, 4) is 11.6 Å². The maximum absolute atomic E-state index is 12.1. The summed E-state index contributed by atoms with van der Waals surface area (Å²) < 4.78 is 1.10. The largest absolute Gasteiger partial charge is 0.494 e. The SMILES string of the molecule is CCc1c(O)n(-c2cccc3ccncc23)c(=O)[nH]c1=O. The van der Waals surface area contributed by atoms with E-state index in [1.54, 1.807) is 31.5 Å². The van der Waals surface area contributed by atoms with Crippen LogP contribution in [0.1, 0.15) is 12.5 Å². The van der Waals surface area contributed by atoms with Crippen LogP contribution in [0.25, 0.3) is 16.5 Å². The lowest BCUT2D eigenvalue weighted by Crippen LogP contribution is -2.31. The van der Waals surface area contributed by atoms with Gasteiger partial charge in [-0.25, -0.2) is 9.36 Å². The lowest BCUT2D eigenvalue weighted by atomic mass is 10.1. The van der Waals surface area contributed by atoms with Crippen molar-refractivity contribution in [1.29, 1.82) is 0 Å². The fraction of sp³-hybridized carbons (Fsp3) is 0.133. The predicted molar refractivity (Wildman–Crippen MR) is 79.0 cm³/mol. The summed E-state index contributed by atoms with van der Waals surface area (Å²) in [5.41, 5.74) is -0.579. The third-order valence-electron chi connectivity index (χ3n) is 3.43. The number of aromatic hydroxyl groups is 1. The Morgan fingerprint density at radius 1 is 1.29 bits per heavy atom. The van der Waals surface area contributed by atoms with Crippen molar-refractivity contribution in [3.05, 3.63) is 63.1 Å². The maximum atomic E-state index is 12.1. The number of aromatic amines is 1. The summed E-state index contributed by atoms with van der Waals surface area (Å²) in [6.07, 6.45) is 3.59. The van der Waals surface area contributed by atoms with Gasteiger partial charge in [-0.15, -0.1) is 0 Å². The highest BCUT2D eigenvalue weighted by Gasteiger charge is 2.15. The van der Waals surface area contributed by atoms with E-state index in [1.165, 1.54) is 0 Å². The Hall–Kier alpha value is -2.89.